The minimum Gasteiger partial charge on any atom is -0.390 e. The van der Waals surface area contributed by atoms with Gasteiger partial charge < -0.3 is 10.4 Å². The fraction of sp³-hybridized carbons (Fsp3) is 0.467. The molecule has 4 rings (SSSR count). The van der Waals surface area contributed by atoms with E-state index in [0.717, 1.165) is 31.4 Å². The Hall–Kier alpha value is -2.32. The van der Waals surface area contributed by atoms with E-state index in [2.05, 4.69) is 88.6 Å². The summed E-state index contributed by atoms with van der Waals surface area (Å²) in [6.45, 7) is 19.8. The monoisotopic (exact) mass is 429 g/mol. The summed E-state index contributed by atoms with van der Waals surface area (Å²) in [6, 6.07) is 15.4. The summed E-state index contributed by atoms with van der Waals surface area (Å²) in [6.07, 6.45) is 3.75. The lowest BCUT2D eigenvalue weighted by Crippen LogP contribution is -2.45. The van der Waals surface area contributed by atoms with E-state index in [9.17, 15) is 5.11 Å². The van der Waals surface area contributed by atoms with Crippen molar-refractivity contribution in [1.82, 2.24) is 0 Å². The van der Waals surface area contributed by atoms with E-state index in [0.29, 0.717) is 17.8 Å². The Balaban J connectivity index is 1.49. The predicted octanol–water partition coefficient (Wildman–Crippen LogP) is 7.80. The highest BCUT2D eigenvalue weighted by Gasteiger charge is 2.45. The minimum atomic E-state index is -0.496. The largest absolute Gasteiger partial charge is 0.390 e. The van der Waals surface area contributed by atoms with Crippen molar-refractivity contribution in [3.05, 3.63) is 83.5 Å². The molecule has 0 heterocycles. The number of hydrogen-bond acceptors (Lipinski definition) is 2. The maximum atomic E-state index is 10.2. The first-order valence-corrected chi connectivity index (χ1v) is 12.0. The third kappa shape index (κ3) is 4.57. The van der Waals surface area contributed by atoms with Gasteiger partial charge in [-0.3, -0.25) is 0 Å². The minimum absolute atomic E-state index is 0.160. The van der Waals surface area contributed by atoms with Crippen molar-refractivity contribution < 1.29 is 5.11 Å². The molecule has 0 saturated heterocycles. The molecule has 2 heteroatoms. The molecule has 0 aromatic heterocycles. The highest BCUT2D eigenvalue weighted by molar-refractivity contribution is 5.65. The van der Waals surface area contributed by atoms with E-state index < -0.39 is 5.60 Å². The summed E-state index contributed by atoms with van der Waals surface area (Å²) < 4.78 is 0. The summed E-state index contributed by atoms with van der Waals surface area (Å²) in [5.41, 5.74) is 8.58. The molecule has 2 aromatic carbocycles. The SMILES string of the molecule is C=C1CC(c2cccc(Nc3ccc(C(C)(C)C)cc3)c2C)CC(=C)C1C1CC(C)(O)C1. The van der Waals surface area contributed by atoms with Crippen LogP contribution < -0.4 is 5.32 Å². The molecule has 0 unspecified atom stereocenters. The average Bonchev–Trinajstić information content (AvgIpc) is 2.67. The lowest BCUT2D eigenvalue weighted by molar-refractivity contribution is -0.0683. The molecule has 2 N–H and O–H groups in total. The van der Waals surface area contributed by atoms with Crippen molar-refractivity contribution in [2.75, 3.05) is 5.32 Å². The quantitative estimate of drug-likeness (QED) is 0.486. The van der Waals surface area contributed by atoms with Crippen molar-refractivity contribution in [3.63, 3.8) is 0 Å². The zero-order chi connectivity index (χ0) is 23.3. The molecular weight excluding hydrogens is 390 g/mol. The third-order valence-corrected chi connectivity index (χ3v) is 7.62. The van der Waals surface area contributed by atoms with Crippen LogP contribution in [0.4, 0.5) is 11.4 Å². The molecule has 2 aromatic rings. The van der Waals surface area contributed by atoms with Gasteiger partial charge in [0.1, 0.15) is 0 Å². The van der Waals surface area contributed by atoms with Gasteiger partial charge in [-0.1, -0.05) is 69.3 Å². The Morgan fingerprint density at radius 2 is 1.56 bits per heavy atom. The number of benzene rings is 2. The first kappa shape index (κ1) is 22.9. The molecule has 0 spiro atoms. The van der Waals surface area contributed by atoms with Crippen molar-refractivity contribution in [3.8, 4) is 0 Å². The van der Waals surface area contributed by atoms with Crippen LogP contribution in [0.15, 0.2) is 66.8 Å². The zero-order valence-corrected chi connectivity index (χ0v) is 20.5. The van der Waals surface area contributed by atoms with Crippen LogP contribution in [0.1, 0.15) is 76.0 Å². The summed E-state index contributed by atoms with van der Waals surface area (Å²) in [5.74, 6) is 1.31. The first-order chi connectivity index (χ1) is 14.9. The molecule has 0 atom stereocenters. The number of rotatable bonds is 4. The van der Waals surface area contributed by atoms with Crippen LogP contribution in [0.2, 0.25) is 0 Å². The first-order valence-electron chi connectivity index (χ1n) is 12.0. The molecule has 0 amide bonds. The van der Waals surface area contributed by atoms with Gasteiger partial charge >= 0.3 is 0 Å². The molecule has 2 fully saturated rings. The highest BCUT2D eigenvalue weighted by Crippen LogP contribution is 2.52. The third-order valence-electron chi connectivity index (χ3n) is 7.62. The van der Waals surface area contributed by atoms with Crippen molar-refractivity contribution >= 4 is 11.4 Å². The van der Waals surface area contributed by atoms with E-state index in [1.165, 1.54) is 33.5 Å². The number of aliphatic hydroxyl groups is 1. The molecule has 2 aliphatic rings. The Morgan fingerprint density at radius 3 is 2.09 bits per heavy atom. The van der Waals surface area contributed by atoms with Gasteiger partial charge in [0.05, 0.1) is 5.60 Å². The second kappa shape index (κ2) is 8.23. The van der Waals surface area contributed by atoms with Crippen molar-refractivity contribution in [2.24, 2.45) is 11.8 Å². The Kier molecular flexibility index (Phi) is 5.88. The number of hydrogen-bond donors (Lipinski definition) is 2. The summed E-state index contributed by atoms with van der Waals surface area (Å²) in [4.78, 5) is 0. The van der Waals surface area contributed by atoms with E-state index in [1.54, 1.807) is 0 Å². The van der Waals surface area contributed by atoms with Crippen LogP contribution >= 0.6 is 0 Å². The number of anilines is 2. The molecule has 2 aliphatic carbocycles. The molecule has 0 bridgehead atoms. The van der Waals surface area contributed by atoms with Crippen molar-refractivity contribution in [2.45, 2.75) is 77.2 Å². The van der Waals surface area contributed by atoms with Gasteiger partial charge in [0.15, 0.2) is 0 Å². The smallest absolute Gasteiger partial charge is 0.0625 e. The highest BCUT2D eigenvalue weighted by atomic mass is 16.3. The summed E-state index contributed by atoms with van der Waals surface area (Å²) in [5, 5.41) is 13.8. The lowest BCUT2D eigenvalue weighted by atomic mass is 9.59. The predicted molar refractivity (Wildman–Crippen MR) is 137 cm³/mol. The van der Waals surface area contributed by atoms with Gasteiger partial charge in [0.2, 0.25) is 0 Å². The second-order valence-corrected chi connectivity index (χ2v) is 11.5. The molecule has 32 heavy (non-hydrogen) atoms. The Bertz CT molecular complexity index is 996. The van der Waals surface area contributed by atoms with Gasteiger partial charge in [-0.25, -0.2) is 0 Å². The lowest BCUT2D eigenvalue weighted by Gasteiger charge is -2.48. The van der Waals surface area contributed by atoms with Gasteiger partial charge in [-0.05, 0) is 91.7 Å². The summed E-state index contributed by atoms with van der Waals surface area (Å²) in [7, 11) is 0. The molecular formula is C30H39NO. The molecule has 2 nitrogen and oxygen atoms in total. The second-order valence-electron chi connectivity index (χ2n) is 11.5. The van der Waals surface area contributed by atoms with Crippen LogP contribution in [0.5, 0.6) is 0 Å². The number of nitrogens with one attached hydrogen (secondary N) is 1. The fourth-order valence-corrected chi connectivity index (χ4v) is 5.88. The van der Waals surface area contributed by atoms with E-state index >= 15 is 0 Å². The van der Waals surface area contributed by atoms with Crippen LogP contribution in [-0.2, 0) is 5.41 Å². The number of allylic oxidation sites excluding steroid dienone is 2. The normalized spacial score (nSPS) is 28.4. The average molecular weight is 430 g/mol. The van der Waals surface area contributed by atoms with Crippen LogP contribution in [-0.4, -0.2) is 10.7 Å². The standard InChI is InChI=1S/C30H39NO/c1-19-15-22(16-20(2)28(19)23-17-30(7,32)18-23)26-9-8-10-27(21(26)3)31-25-13-11-24(12-14-25)29(4,5)6/h8-14,22-23,28,31-32H,1-2,15-18H2,3-7H3. The topological polar surface area (TPSA) is 32.3 Å². The van der Waals surface area contributed by atoms with E-state index in [1.807, 2.05) is 6.92 Å². The maximum absolute atomic E-state index is 10.2. The fourth-order valence-electron chi connectivity index (χ4n) is 5.88. The molecule has 2 saturated carbocycles. The Morgan fingerprint density at radius 1 is 0.969 bits per heavy atom. The van der Waals surface area contributed by atoms with Gasteiger partial charge in [0.25, 0.3) is 0 Å². The van der Waals surface area contributed by atoms with Crippen molar-refractivity contribution in [1.29, 1.82) is 0 Å². The van der Waals surface area contributed by atoms with Gasteiger partial charge in [-0.2, -0.15) is 0 Å². The van der Waals surface area contributed by atoms with Crippen LogP contribution in [0, 0.1) is 18.8 Å². The van der Waals surface area contributed by atoms with Crippen LogP contribution in [0.3, 0.4) is 0 Å². The Labute approximate surface area is 194 Å². The maximum Gasteiger partial charge on any atom is 0.0625 e. The van der Waals surface area contributed by atoms with E-state index in [4.69, 9.17) is 0 Å². The van der Waals surface area contributed by atoms with Gasteiger partial charge in [0, 0.05) is 17.3 Å². The van der Waals surface area contributed by atoms with Crippen LogP contribution in [0.25, 0.3) is 0 Å². The van der Waals surface area contributed by atoms with Gasteiger partial charge in [-0.15, -0.1) is 0 Å². The zero-order valence-electron chi connectivity index (χ0n) is 20.5. The molecule has 0 aliphatic heterocycles. The molecule has 0 radical (unpaired) electrons. The summed E-state index contributed by atoms with van der Waals surface area (Å²) >= 11 is 0. The van der Waals surface area contributed by atoms with E-state index in [-0.39, 0.29) is 5.41 Å². The molecule has 170 valence electrons.